The molecule has 0 atom stereocenters. The second-order valence-corrected chi connectivity index (χ2v) is 5.18. The molecule has 1 amide bonds. The molecule has 1 saturated heterocycles. The molecule has 0 aromatic heterocycles. The maximum Gasteiger partial charge on any atom is 0.220 e. The summed E-state index contributed by atoms with van der Waals surface area (Å²) in [5, 5.41) is 0. The van der Waals surface area contributed by atoms with Crippen molar-refractivity contribution in [2.24, 2.45) is 11.7 Å². The summed E-state index contributed by atoms with van der Waals surface area (Å²) >= 11 is 0. The number of likely N-dealkylation sites (tertiary alicyclic amines) is 1. The van der Waals surface area contributed by atoms with E-state index in [0.29, 0.717) is 6.61 Å². The fourth-order valence-corrected chi connectivity index (χ4v) is 2.44. The van der Waals surface area contributed by atoms with Crippen LogP contribution in [0, 0.1) is 12.8 Å². The molecule has 1 aliphatic heterocycles. The highest BCUT2D eigenvalue weighted by Gasteiger charge is 2.22. The third-order valence-corrected chi connectivity index (χ3v) is 3.66. The van der Waals surface area contributed by atoms with Gasteiger partial charge in [0.1, 0.15) is 12.4 Å². The van der Waals surface area contributed by atoms with Gasteiger partial charge in [0, 0.05) is 12.5 Å². The minimum absolute atomic E-state index is 0.0638. The van der Waals surface area contributed by atoms with Gasteiger partial charge in [-0.1, -0.05) is 12.1 Å². The summed E-state index contributed by atoms with van der Waals surface area (Å²) in [6.07, 6.45) is 1.75. The van der Waals surface area contributed by atoms with E-state index in [1.165, 1.54) is 5.56 Å². The van der Waals surface area contributed by atoms with Crippen LogP contribution in [0.3, 0.4) is 0 Å². The van der Waals surface area contributed by atoms with Crippen LogP contribution in [0.5, 0.6) is 5.75 Å². The highest BCUT2D eigenvalue weighted by Crippen LogP contribution is 2.17. The van der Waals surface area contributed by atoms with Gasteiger partial charge in [-0.3, -0.25) is 9.69 Å². The molecule has 0 bridgehead atoms. The molecular weight excluding hydrogens is 240 g/mol. The fourth-order valence-electron chi connectivity index (χ4n) is 2.44. The molecule has 0 radical (unpaired) electrons. The van der Waals surface area contributed by atoms with Crippen LogP contribution in [-0.4, -0.2) is 37.0 Å². The van der Waals surface area contributed by atoms with E-state index in [0.717, 1.165) is 38.2 Å². The van der Waals surface area contributed by atoms with E-state index in [4.69, 9.17) is 10.5 Å². The van der Waals surface area contributed by atoms with E-state index in [1.54, 1.807) is 0 Å². The average molecular weight is 262 g/mol. The van der Waals surface area contributed by atoms with Crippen LogP contribution < -0.4 is 10.5 Å². The Morgan fingerprint density at radius 3 is 2.79 bits per heavy atom. The maximum atomic E-state index is 11.1. The van der Waals surface area contributed by atoms with E-state index in [1.807, 2.05) is 18.2 Å². The third-order valence-electron chi connectivity index (χ3n) is 3.66. The zero-order valence-corrected chi connectivity index (χ0v) is 11.5. The monoisotopic (exact) mass is 262 g/mol. The molecule has 0 spiro atoms. The molecule has 2 N–H and O–H groups in total. The van der Waals surface area contributed by atoms with Gasteiger partial charge in [-0.2, -0.15) is 0 Å². The van der Waals surface area contributed by atoms with Gasteiger partial charge in [0.05, 0.1) is 0 Å². The smallest absolute Gasteiger partial charge is 0.220 e. The topological polar surface area (TPSA) is 55.6 Å². The average Bonchev–Trinajstić information content (AvgIpc) is 2.39. The Hall–Kier alpha value is -1.55. The third kappa shape index (κ3) is 4.24. The molecule has 0 unspecified atom stereocenters. The molecule has 0 aliphatic carbocycles. The number of aryl methyl sites for hydroxylation is 1. The van der Waals surface area contributed by atoms with Gasteiger partial charge in [0.2, 0.25) is 5.91 Å². The molecule has 4 heteroatoms. The number of amides is 1. The van der Waals surface area contributed by atoms with Crippen LogP contribution >= 0.6 is 0 Å². The molecule has 1 fully saturated rings. The van der Waals surface area contributed by atoms with Crippen molar-refractivity contribution in [3.05, 3.63) is 29.8 Å². The van der Waals surface area contributed by atoms with Crippen LogP contribution in [0.15, 0.2) is 24.3 Å². The second kappa shape index (κ2) is 6.57. The highest BCUT2D eigenvalue weighted by molar-refractivity contribution is 5.76. The van der Waals surface area contributed by atoms with Gasteiger partial charge in [-0.05, 0) is 50.6 Å². The predicted molar refractivity (Wildman–Crippen MR) is 75.0 cm³/mol. The van der Waals surface area contributed by atoms with Crippen molar-refractivity contribution in [2.45, 2.75) is 19.8 Å². The molecule has 1 aliphatic rings. The van der Waals surface area contributed by atoms with Crippen LogP contribution in [0.1, 0.15) is 18.4 Å². The SMILES string of the molecule is Cc1cccc(OCCN2CCC(C(N)=O)CC2)c1. The number of primary amides is 1. The number of rotatable bonds is 5. The summed E-state index contributed by atoms with van der Waals surface area (Å²) in [5.41, 5.74) is 6.53. The molecule has 104 valence electrons. The minimum atomic E-state index is -0.157. The van der Waals surface area contributed by atoms with Gasteiger partial charge >= 0.3 is 0 Å². The Bertz CT molecular complexity index is 426. The minimum Gasteiger partial charge on any atom is -0.492 e. The summed E-state index contributed by atoms with van der Waals surface area (Å²) in [7, 11) is 0. The van der Waals surface area contributed by atoms with Gasteiger partial charge in [0.15, 0.2) is 0 Å². The Balaban J connectivity index is 1.68. The van der Waals surface area contributed by atoms with Gasteiger partial charge in [-0.15, -0.1) is 0 Å². The largest absolute Gasteiger partial charge is 0.492 e. The highest BCUT2D eigenvalue weighted by atomic mass is 16.5. The number of carbonyl (C=O) groups excluding carboxylic acids is 1. The van der Waals surface area contributed by atoms with Crippen LogP contribution in [0.25, 0.3) is 0 Å². The summed E-state index contributed by atoms with van der Waals surface area (Å²) in [4.78, 5) is 13.4. The van der Waals surface area contributed by atoms with Crippen molar-refractivity contribution in [2.75, 3.05) is 26.2 Å². The van der Waals surface area contributed by atoms with E-state index >= 15 is 0 Å². The normalized spacial score (nSPS) is 17.3. The van der Waals surface area contributed by atoms with E-state index in [2.05, 4.69) is 17.9 Å². The van der Waals surface area contributed by atoms with Crippen LogP contribution in [0.4, 0.5) is 0 Å². The Morgan fingerprint density at radius 1 is 1.42 bits per heavy atom. The summed E-state index contributed by atoms with van der Waals surface area (Å²) < 4.78 is 5.73. The number of carbonyl (C=O) groups is 1. The molecule has 0 saturated carbocycles. The predicted octanol–water partition coefficient (Wildman–Crippen LogP) is 1.57. The number of hydrogen-bond donors (Lipinski definition) is 1. The van der Waals surface area contributed by atoms with E-state index < -0.39 is 0 Å². The van der Waals surface area contributed by atoms with Crippen molar-refractivity contribution in [1.82, 2.24) is 4.90 Å². The first-order valence-electron chi connectivity index (χ1n) is 6.86. The first-order valence-corrected chi connectivity index (χ1v) is 6.86. The molecule has 1 aromatic rings. The summed E-state index contributed by atoms with van der Waals surface area (Å²) in [6.45, 7) is 5.52. The Labute approximate surface area is 114 Å². The first kappa shape index (κ1) is 13.9. The van der Waals surface area contributed by atoms with Gasteiger partial charge in [0.25, 0.3) is 0 Å². The Morgan fingerprint density at radius 2 is 2.16 bits per heavy atom. The lowest BCUT2D eigenvalue weighted by atomic mass is 9.96. The van der Waals surface area contributed by atoms with E-state index in [-0.39, 0.29) is 11.8 Å². The number of piperidine rings is 1. The lowest BCUT2D eigenvalue weighted by molar-refractivity contribution is -0.123. The lowest BCUT2D eigenvalue weighted by Crippen LogP contribution is -2.40. The summed E-state index contributed by atoms with van der Waals surface area (Å²) in [6, 6.07) is 8.08. The maximum absolute atomic E-state index is 11.1. The Kier molecular flexibility index (Phi) is 4.80. The summed E-state index contributed by atoms with van der Waals surface area (Å²) in [5.74, 6) is 0.830. The molecule has 1 heterocycles. The number of ether oxygens (including phenoxy) is 1. The standard InChI is InChI=1S/C15H22N2O2/c1-12-3-2-4-14(11-12)19-10-9-17-7-5-13(6-8-17)15(16)18/h2-4,11,13H,5-10H2,1H3,(H2,16,18). The fraction of sp³-hybridized carbons (Fsp3) is 0.533. The second-order valence-electron chi connectivity index (χ2n) is 5.18. The molecular formula is C15H22N2O2. The van der Waals surface area contributed by atoms with Crippen LogP contribution in [0.2, 0.25) is 0 Å². The van der Waals surface area contributed by atoms with Crippen molar-refractivity contribution in [3.63, 3.8) is 0 Å². The van der Waals surface area contributed by atoms with Gasteiger partial charge < -0.3 is 10.5 Å². The van der Waals surface area contributed by atoms with Crippen molar-refractivity contribution >= 4 is 5.91 Å². The molecule has 1 aromatic carbocycles. The number of nitrogens with zero attached hydrogens (tertiary/aromatic N) is 1. The molecule has 19 heavy (non-hydrogen) atoms. The quantitative estimate of drug-likeness (QED) is 0.876. The molecule has 4 nitrogen and oxygen atoms in total. The number of nitrogens with two attached hydrogens (primary N) is 1. The van der Waals surface area contributed by atoms with Gasteiger partial charge in [-0.25, -0.2) is 0 Å². The lowest BCUT2D eigenvalue weighted by Gasteiger charge is -2.30. The van der Waals surface area contributed by atoms with Crippen molar-refractivity contribution in [3.8, 4) is 5.75 Å². The van der Waals surface area contributed by atoms with Crippen molar-refractivity contribution < 1.29 is 9.53 Å². The van der Waals surface area contributed by atoms with Crippen molar-refractivity contribution in [1.29, 1.82) is 0 Å². The number of hydrogen-bond acceptors (Lipinski definition) is 3. The first-order chi connectivity index (χ1) is 9.15. The molecule has 2 rings (SSSR count). The van der Waals surface area contributed by atoms with Crippen LogP contribution in [-0.2, 0) is 4.79 Å². The van der Waals surface area contributed by atoms with E-state index in [9.17, 15) is 4.79 Å². The zero-order valence-electron chi connectivity index (χ0n) is 11.5. The zero-order chi connectivity index (χ0) is 13.7. The number of benzene rings is 1.